The molecule has 2 aliphatic carbocycles. The molecule has 0 aromatic rings. The molecule has 0 amide bonds. The van der Waals surface area contributed by atoms with Gasteiger partial charge in [-0.25, -0.2) is 0 Å². The van der Waals surface area contributed by atoms with Gasteiger partial charge in [0.2, 0.25) is 0 Å². The van der Waals surface area contributed by atoms with Crippen LogP contribution in [-0.4, -0.2) is 30.6 Å². The summed E-state index contributed by atoms with van der Waals surface area (Å²) in [6, 6.07) is 0.430. The largest absolute Gasteiger partial charge is 0.327 e. The summed E-state index contributed by atoms with van der Waals surface area (Å²) in [5.74, 6) is 3.34. The Bertz CT molecular complexity index is 237. The number of nitrogens with two attached hydrogens (primary N) is 1. The van der Waals surface area contributed by atoms with Crippen molar-refractivity contribution in [3.8, 4) is 0 Å². The Morgan fingerprint density at radius 3 is 2.33 bits per heavy atom. The molecule has 2 saturated carbocycles. The van der Waals surface area contributed by atoms with Crippen LogP contribution in [-0.2, 0) is 0 Å². The molecule has 0 saturated heterocycles. The lowest BCUT2D eigenvalue weighted by molar-refractivity contribution is 0.0990. The monoisotopic (exact) mass is 252 g/mol. The summed E-state index contributed by atoms with van der Waals surface area (Å²) in [5, 5.41) is 0. The van der Waals surface area contributed by atoms with Gasteiger partial charge in [0.05, 0.1) is 0 Å². The molecule has 2 heteroatoms. The van der Waals surface area contributed by atoms with E-state index in [2.05, 4.69) is 25.7 Å². The summed E-state index contributed by atoms with van der Waals surface area (Å²) in [5.41, 5.74) is 6.41. The number of hydrogen-bond donors (Lipinski definition) is 1. The molecule has 2 aliphatic rings. The van der Waals surface area contributed by atoms with Gasteiger partial charge in [0.1, 0.15) is 0 Å². The van der Waals surface area contributed by atoms with Gasteiger partial charge in [-0.1, -0.05) is 27.2 Å². The maximum absolute atomic E-state index is 6.41. The first kappa shape index (κ1) is 14.3. The van der Waals surface area contributed by atoms with E-state index in [-0.39, 0.29) is 0 Å². The standard InChI is InChI=1S/C16H32N2/c1-4-18(10-14-6-5-7-14)11-15-13(3)8-12(2)9-16(15)17/h12-16H,4-11,17H2,1-3H3. The molecule has 2 nitrogen and oxygen atoms in total. The van der Waals surface area contributed by atoms with Gasteiger partial charge in [0.15, 0.2) is 0 Å². The Morgan fingerprint density at radius 1 is 1.11 bits per heavy atom. The SMILES string of the molecule is CCN(CC1CCC1)CC1C(C)CC(C)CC1N. The fourth-order valence-electron chi connectivity index (χ4n) is 3.95. The molecule has 4 unspecified atom stereocenters. The van der Waals surface area contributed by atoms with E-state index in [0.29, 0.717) is 6.04 Å². The van der Waals surface area contributed by atoms with E-state index < -0.39 is 0 Å². The van der Waals surface area contributed by atoms with Crippen LogP contribution in [0.2, 0.25) is 0 Å². The van der Waals surface area contributed by atoms with Crippen molar-refractivity contribution >= 4 is 0 Å². The van der Waals surface area contributed by atoms with E-state index in [1.807, 2.05) is 0 Å². The number of hydrogen-bond acceptors (Lipinski definition) is 2. The predicted octanol–water partition coefficient (Wildman–Crippen LogP) is 3.12. The Hall–Kier alpha value is -0.0800. The molecular formula is C16H32N2. The lowest BCUT2D eigenvalue weighted by Gasteiger charge is -2.41. The fraction of sp³-hybridized carbons (Fsp3) is 1.00. The molecule has 2 N–H and O–H groups in total. The second-order valence-electron chi connectivity index (χ2n) is 7.03. The van der Waals surface area contributed by atoms with E-state index in [4.69, 9.17) is 5.73 Å². The smallest absolute Gasteiger partial charge is 0.00844 e. The van der Waals surface area contributed by atoms with Crippen molar-refractivity contribution in [1.29, 1.82) is 0 Å². The van der Waals surface area contributed by atoms with Crippen molar-refractivity contribution in [2.24, 2.45) is 29.4 Å². The molecule has 0 aromatic heterocycles. The molecule has 106 valence electrons. The third kappa shape index (κ3) is 3.48. The summed E-state index contributed by atoms with van der Waals surface area (Å²) >= 11 is 0. The third-order valence-corrected chi connectivity index (χ3v) is 5.39. The first-order valence-electron chi connectivity index (χ1n) is 8.08. The maximum Gasteiger partial charge on any atom is 0.00844 e. The minimum atomic E-state index is 0.430. The van der Waals surface area contributed by atoms with Gasteiger partial charge in [-0.3, -0.25) is 0 Å². The van der Waals surface area contributed by atoms with Crippen LogP contribution in [0, 0.1) is 23.7 Å². The van der Waals surface area contributed by atoms with Crippen molar-refractivity contribution in [2.45, 2.75) is 58.9 Å². The van der Waals surface area contributed by atoms with Crippen LogP contribution in [0.3, 0.4) is 0 Å². The molecule has 2 fully saturated rings. The minimum absolute atomic E-state index is 0.430. The van der Waals surface area contributed by atoms with E-state index in [1.54, 1.807) is 0 Å². The highest BCUT2D eigenvalue weighted by Crippen LogP contribution is 2.34. The average molecular weight is 252 g/mol. The van der Waals surface area contributed by atoms with Crippen molar-refractivity contribution in [1.82, 2.24) is 4.90 Å². The van der Waals surface area contributed by atoms with Gasteiger partial charge in [0.25, 0.3) is 0 Å². The highest BCUT2D eigenvalue weighted by atomic mass is 15.1. The fourth-order valence-corrected chi connectivity index (χ4v) is 3.95. The Morgan fingerprint density at radius 2 is 1.83 bits per heavy atom. The minimum Gasteiger partial charge on any atom is -0.327 e. The van der Waals surface area contributed by atoms with Crippen LogP contribution in [0.4, 0.5) is 0 Å². The Kier molecular flexibility index (Phi) is 5.08. The van der Waals surface area contributed by atoms with Crippen LogP contribution in [0.5, 0.6) is 0 Å². The zero-order valence-corrected chi connectivity index (χ0v) is 12.6. The van der Waals surface area contributed by atoms with Crippen LogP contribution in [0.1, 0.15) is 52.9 Å². The van der Waals surface area contributed by atoms with Gasteiger partial charge < -0.3 is 10.6 Å². The van der Waals surface area contributed by atoms with Crippen LogP contribution in [0.25, 0.3) is 0 Å². The third-order valence-electron chi connectivity index (χ3n) is 5.39. The molecule has 4 atom stereocenters. The number of nitrogens with zero attached hydrogens (tertiary/aromatic N) is 1. The zero-order chi connectivity index (χ0) is 13.1. The summed E-state index contributed by atoms with van der Waals surface area (Å²) in [4.78, 5) is 2.67. The molecule has 0 heterocycles. The van der Waals surface area contributed by atoms with Crippen LogP contribution < -0.4 is 5.73 Å². The van der Waals surface area contributed by atoms with Crippen LogP contribution in [0.15, 0.2) is 0 Å². The molecule has 0 spiro atoms. The van der Waals surface area contributed by atoms with Gasteiger partial charge in [-0.15, -0.1) is 0 Å². The summed E-state index contributed by atoms with van der Waals surface area (Å²) in [6.07, 6.45) is 6.98. The normalized spacial score (nSPS) is 37.8. The lowest BCUT2D eigenvalue weighted by Crippen LogP contribution is -2.47. The molecule has 0 bridgehead atoms. The molecular weight excluding hydrogens is 220 g/mol. The second-order valence-corrected chi connectivity index (χ2v) is 7.03. The highest BCUT2D eigenvalue weighted by molar-refractivity contribution is 4.88. The van der Waals surface area contributed by atoms with Gasteiger partial charge in [0, 0.05) is 19.1 Å². The molecule has 0 aromatic carbocycles. The van der Waals surface area contributed by atoms with E-state index >= 15 is 0 Å². The van der Waals surface area contributed by atoms with E-state index in [1.165, 1.54) is 51.7 Å². The average Bonchev–Trinajstić information content (AvgIpc) is 2.24. The first-order valence-corrected chi connectivity index (χ1v) is 8.08. The second kappa shape index (κ2) is 6.38. The van der Waals surface area contributed by atoms with Gasteiger partial charge in [-0.05, 0) is 55.9 Å². The molecule has 2 rings (SSSR count). The molecule has 0 radical (unpaired) electrons. The summed E-state index contributed by atoms with van der Waals surface area (Å²) < 4.78 is 0. The van der Waals surface area contributed by atoms with Crippen LogP contribution >= 0.6 is 0 Å². The Labute approximate surface area is 113 Å². The lowest BCUT2D eigenvalue weighted by atomic mass is 9.72. The zero-order valence-electron chi connectivity index (χ0n) is 12.6. The topological polar surface area (TPSA) is 29.3 Å². The Balaban J connectivity index is 1.84. The van der Waals surface area contributed by atoms with Gasteiger partial charge >= 0.3 is 0 Å². The summed E-state index contributed by atoms with van der Waals surface area (Å²) in [7, 11) is 0. The van der Waals surface area contributed by atoms with Crippen molar-refractivity contribution < 1.29 is 0 Å². The predicted molar refractivity (Wildman–Crippen MR) is 78.5 cm³/mol. The molecule has 18 heavy (non-hydrogen) atoms. The van der Waals surface area contributed by atoms with E-state index in [0.717, 1.165) is 23.7 Å². The van der Waals surface area contributed by atoms with Crippen molar-refractivity contribution in [3.05, 3.63) is 0 Å². The highest BCUT2D eigenvalue weighted by Gasteiger charge is 2.33. The summed E-state index contributed by atoms with van der Waals surface area (Å²) in [6.45, 7) is 10.8. The van der Waals surface area contributed by atoms with E-state index in [9.17, 15) is 0 Å². The quantitative estimate of drug-likeness (QED) is 0.814. The maximum atomic E-state index is 6.41. The van der Waals surface area contributed by atoms with Crippen molar-refractivity contribution in [3.63, 3.8) is 0 Å². The first-order chi connectivity index (χ1) is 8.60. The van der Waals surface area contributed by atoms with Gasteiger partial charge in [-0.2, -0.15) is 0 Å². The number of rotatable bonds is 5. The molecule has 0 aliphatic heterocycles. The van der Waals surface area contributed by atoms with Crippen molar-refractivity contribution in [2.75, 3.05) is 19.6 Å².